The second-order valence-corrected chi connectivity index (χ2v) is 6.28. The summed E-state index contributed by atoms with van der Waals surface area (Å²) in [6, 6.07) is 5.20. The van der Waals surface area contributed by atoms with E-state index >= 15 is 0 Å². The number of carbonyl (C=O) groups is 2. The van der Waals surface area contributed by atoms with Crippen molar-refractivity contribution in [2.24, 2.45) is 0 Å². The molecule has 2 rings (SSSR count). The molecule has 0 aliphatic carbocycles. The van der Waals surface area contributed by atoms with E-state index < -0.39 is 28.0 Å². The van der Waals surface area contributed by atoms with Crippen molar-refractivity contribution in [3.05, 3.63) is 29.8 Å². The summed E-state index contributed by atoms with van der Waals surface area (Å²) in [5, 5.41) is 4.49. The molecule has 0 bridgehead atoms. The second-order valence-electron chi connectivity index (χ2n) is 4.51. The minimum Gasteiger partial charge on any atom is -0.326 e. The van der Waals surface area contributed by atoms with Gasteiger partial charge in [-0.05, 0) is 25.5 Å². The fourth-order valence-electron chi connectivity index (χ4n) is 1.80. The van der Waals surface area contributed by atoms with E-state index in [1.54, 1.807) is 12.1 Å². The van der Waals surface area contributed by atoms with Crippen molar-refractivity contribution in [3.8, 4) is 0 Å². The predicted molar refractivity (Wildman–Crippen MR) is 71.4 cm³/mol. The number of imide groups is 1. The third-order valence-electron chi connectivity index (χ3n) is 2.91. The van der Waals surface area contributed by atoms with Gasteiger partial charge in [0.25, 0.3) is 5.91 Å². The zero-order valence-electron chi connectivity index (χ0n) is 10.8. The Hall–Kier alpha value is -1.93. The average Bonchev–Trinajstić information content (AvgIpc) is 2.68. The lowest BCUT2D eigenvalue weighted by molar-refractivity contribution is -0.120. The third kappa shape index (κ3) is 3.34. The molecule has 0 aromatic heterocycles. The second kappa shape index (κ2) is 5.59. The van der Waals surface area contributed by atoms with Gasteiger partial charge in [0.2, 0.25) is 10.0 Å². The van der Waals surface area contributed by atoms with Gasteiger partial charge in [-0.3, -0.25) is 10.1 Å². The summed E-state index contributed by atoms with van der Waals surface area (Å²) < 4.78 is 26.3. The van der Waals surface area contributed by atoms with E-state index in [-0.39, 0.29) is 17.9 Å². The van der Waals surface area contributed by atoms with Gasteiger partial charge < -0.3 is 5.32 Å². The largest absolute Gasteiger partial charge is 0.326 e. The zero-order chi connectivity index (χ0) is 14.8. The summed E-state index contributed by atoms with van der Waals surface area (Å²) in [5.41, 5.74) is 0.967. The zero-order valence-corrected chi connectivity index (χ0v) is 11.7. The molecule has 20 heavy (non-hydrogen) atoms. The van der Waals surface area contributed by atoms with Crippen LogP contribution in [0.1, 0.15) is 12.0 Å². The maximum atomic E-state index is 12.0. The SMILES string of the molecule is Cc1ccc(S(=O)(=O)NCCC2NC(=O)NC2=O)cc1. The van der Waals surface area contributed by atoms with Crippen molar-refractivity contribution in [3.63, 3.8) is 0 Å². The minimum atomic E-state index is -3.59. The molecule has 1 atom stereocenters. The lowest BCUT2D eigenvalue weighted by Crippen LogP contribution is -2.34. The molecule has 0 radical (unpaired) electrons. The lowest BCUT2D eigenvalue weighted by atomic mass is 10.2. The molecule has 1 aliphatic rings. The summed E-state index contributed by atoms with van der Waals surface area (Å²) in [5.74, 6) is -0.440. The monoisotopic (exact) mass is 297 g/mol. The van der Waals surface area contributed by atoms with E-state index in [0.717, 1.165) is 5.56 Å². The van der Waals surface area contributed by atoms with Crippen LogP contribution in [0, 0.1) is 6.92 Å². The van der Waals surface area contributed by atoms with E-state index in [4.69, 9.17) is 0 Å². The van der Waals surface area contributed by atoms with Crippen LogP contribution in [-0.2, 0) is 14.8 Å². The molecule has 1 aliphatic heterocycles. The number of aryl methyl sites for hydroxylation is 1. The Kier molecular flexibility index (Phi) is 4.05. The molecule has 1 aromatic carbocycles. The molecule has 1 heterocycles. The standard InChI is InChI=1S/C12H15N3O4S/c1-8-2-4-9(5-3-8)20(18,19)13-7-6-10-11(16)15-12(17)14-10/h2-5,10,13H,6-7H2,1H3,(H2,14,15,16,17). The van der Waals surface area contributed by atoms with Gasteiger partial charge in [0.15, 0.2) is 0 Å². The number of amides is 3. The topological polar surface area (TPSA) is 104 Å². The summed E-state index contributed by atoms with van der Waals surface area (Å²) in [6.07, 6.45) is 0.197. The molecule has 1 unspecified atom stereocenters. The number of urea groups is 1. The molecule has 3 N–H and O–H groups in total. The first-order chi connectivity index (χ1) is 9.38. The Morgan fingerprint density at radius 2 is 1.85 bits per heavy atom. The fraction of sp³-hybridized carbons (Fsp3) is 0.333. The molecule has 8 heteroatoms. The van der Waals surface area contributed by atoms with E-state index in [0.29, 0.717) is 0 Å². The normalized spacial score (nSPS) is 18.8. The van der Waals surface area contributed by atoms with Gasteiger partial charge in [0.1, 0.15) is 6.04 Å². The highest BCUT2D eigenvalue weighted by atomic mass is 32.2. The van der Waals surface area contributed by atoms with Gasteiger partial charge in [-0.25, -0.2) is 17.9 Å². The van der Waals surface area contributed by atoms with Gasteiger partial charge in [0.05, 0.1) is 4.90 Å². The highest BCUT2D eigenvalue weighted by Crippen LogP contribution is 2.10. The molecule has 0 saturated carbocycles. The summed E-state index contributed by atoms with van der Waals surface area (Å²) in [4.78, 5) is 22.3. The molecule has 1 saturated heterocycles. The molecule has 108 valence electrons. The highest BCUT2D eigenvalue weighted by molar-refractivity contribution is 7.89. The van der Waals surface area contributed by atoms with Gasteiger partial charge in [0, 0.05) is 6.54 Å². The quantitative estimate of drug-likeness (QED) is 0.659. The van der Waals surface area contributed by atoms with Crippen molar-refractivity contribution in [1.82, 2.24) is 15.4 Å². The number of nitrogens with one attached hydrogen (secondary N) is 3. The van der Waals surface area contributed by atoms with Crippen LogP contribution in [-0.4, -0.2) is 32.9 Å². The van der Waals surface area contributed by atoms with Gasteiger partial charge in [-0.2, -0.15) is 0 Å². The van der Waals surface area contributed by atoms with Crippen LogP contribution in [0.5, 0.6) is 0 Å². The number of benzene rings is 1. The molecule has 7 nitrogen and oxygen atoms in total. The van der Waals surface area contributed by atoms with Crippen molar-refractivity contribution in [2.75, 3.05) is 6.54 Å². The van der Waals surface area contributed by atoms with Gasteiger partial charge in [-0.1, -0.05) is 17.7 Å². The highest BCUT2D eigenvalue weighted by Gasteiger charge is 2.29. The Labute approximate surface area is 116 Å². The van der Waals surface area contributed by atoms with Crippen molar-refractivity contribution >= 4 is 22.0 Å². The van der Waals surface area contributed by atoms with Crippen LogP contribution in [0.4, 0.5) is 4.79 Å². The molecule has 0 spiro atoms. The Morgan fingerprint density at radius 3 is 2.40 bits per heavy atom. The van der Waals surface area contributed by atoms with Crippen LogP contribution in [0.3, 0.4) is 0 Å². The molecular weight excluding hydrogens is 282 g/mol. The first kappa shape index (κ1) is 14.5. The van der Waals surface area contributed by atoms with Crippen molar-refractivity contribution in [1.29, 1.82) is 0 Å². The van der Waals surface area contributed by atoms with Crippen molar-refractivity contribution < 1.29 is 18.0 Å². The summed E-state index contributed by atoms with van der Waals surface area (Å²) in [7, 11) is -3.59. The lowest BCUT2D eigenvalue weighted by Gasteiger charge is -2.09. The minimum absolute atomic E-state index is 0.0641. The Morgan fingerprint density at radius 1 is 1.20 bits per heavy atom. The maximum absolute atomic E-state index is 12.0. The first-order valence-electron chi connectivity index (χ1n) is 6.06. The number of sulfonamides is 1. The molecular formula is C12H15N3O4S. The molecule has 3 amide bonds. The Bertz CT molecular complexity index is 625. The first-order valence-corrected chi connectivity index (χ1v) is 7.54. The number of hydrogen-bond acceptors (Lipinski definition) is 4. The van der Waals surface area contributed by atoms with Crippen LogP contribution in [0.25, 0.3) is 0 Å². The van der Waals surface area contributed by atoms with Crippen LogP contribution < -0.4 is 15.4 Å². The van der Waals surface area contributed by atoms with Crippen LogP contribution >= 0.6 is 0 Å². The van der Waals surface area contributed by atoms with Gasteiger partial charge >= 0.3 is 6.03 Å². The van der Waals surface area contributed by atoms with E-state index in [1.807, 2.05) is 6.92 Å². The number of carbonyl (C=O) groups excluding carboxylic acids is 2. The van der Waals surface area contributed by atoms with Crippen molar-refractivity contribution in [2.45, 2.75) is 24.3 Å². The molecule has 1 fully saturated rings. The molecule has 1 aromatic rings. The third-order valence-corrected chi connectivity index (χ3v) is 4.39. The average molecular weight is 297 g/mol. The maximum Gasteiger partial charge on any atom is 0.322 e. The van der Waals surface area contributed by atoms with Crippen LogP contribution in [0.15, 0.2) is 29.2 Å². The van der Waals surface area contributed by atoms with E-state index in [1.165, 1.54) is 12.1 Å². The van der Waals surface area contributed by atoms with Crippen LogP contribution in [0.2, 0.25) is 0 Å². The fourth-order valence-corrected chi connectivity index (χ4v) is 2.85. The smallest absolute Gasteiger partial charge is 0.322 e. The number of rotatable bonds is 5. The summed E-state index contributed by atoms with van der Waals surface area (Å²) >= 11 is 0. The Balaban J connectivity index is 1.91. The predicted octanol–water partition coefficient (Wildman–Crippen LogP) is -0.129. The van der Waals surface area contributed by atoms with E-state index in [2.05, 4.69) is 15.4 Å². The number of hydrogen-bond donors (Lipinski definition) is 3. The summed E-state index contributed by atoms with van der Waals surface area (Å²) in [6.45, 7) is 1.93. The van der Waals surface area contributed by atoms with E-state index in [9.17, 15) is 18.0 Å². The van der Waals surface area contributed by atoms with Gasteiger partial charge in [-0.15, -0.1) is 0 Å².